The molecule has 4 N–H and O–H groups in total. The molecule has 5 nitrogen and oxygen atoms in total. The van der Waals surface area contributed by atoms with Crippen molar-refractivity contribution in [3.05, 3.63) is 51.9 Å². The fourth-order valence-electron chi connectivity index (χ4n) is 1.53. The highest BCUT2D eigenvalue weighted by Crippen LogP contribution is 2.15. The minimum Gasteiger partial charge on any atom is -0.508 e. The first-order chi connectivity index (χ1) is 7.72. The van der Waals surface area contributed by atoms with Crippen LogP contribution >= 0.6 is 0 Å². The molecule has 0 bridgehead atoms. The van der Waals surface area contributed by atoms with Gasteiger partial charge in [-0.2, -0.15) is 0 Å². The summed E-state index contributed by atoms with van der Waals surface area (Å²) in [6.07, 6.45) is 1.59. The Morgan fingerprint density at radius 2 is 2.06 bits per heavy atom. The van der Waals surface area contributed by atoms with Crippen molar-refractivity contribution in [1.82, 2.24) is 9.78 Å². The number of phenolic OH excluding ortho intramolecular Hbond substituents is 1. The number of nitrogens with two attached hydrogens (primary N) is 1. The van der Waals surface area contributed by atoms with Crippen molar-refractivity contribution in [1.29, 1.82) is 0 Å². The fourth-order valence-corrected chi connectivity index (χ4v) is 1.53. The Balaban J connectivity index is 2.31. The monoisotopic (exact) mass is 219 g/mol. The van der Waals surface area contributed by atoms with Gasteiger partial charge >= 0.3 is 0 Å². The highest BCUT2D eigenvalue weighted by Gasteiger charge is 2.06. The van der Waals surface area contributed by atoms with E-state index < -0.39 is 0 Å². The molecular formula is C11H13N3O2. The molecule has 1 aromatic heterocycles. The standard InChI is InChI=1S/C11H13N3O2/c12-5-9-6-13-14(11(9)16)7-8-3-1-2-4-10(8)15/h1-4,6,13,15H,5,7,12H2. The molecule has 0 aliphatic heterocycles. The number of aromatic hydroxyl groups is 1. The predicted octanol–water partition coefficient (Wildman–Crippen LogP) is 0.389. The van der Waals surface area contributed by atoms with Crippen LogP contribution in [-0.4, -0.2) is 14.9 Å². The zero-order valence-electron chi connectivity index (χ0n) is 8.68. The van der Waals surface area contributed by atoms with Crippen LogP contribution in [0.15, 0.2) is 35.3 Å². The summed E-state index contributed by atoms with van der Waals surface area (Å²) in [5.74, 6) is 0.179. The molecule has 84 valence electrons. The van der Waals surface area contributed by atoms with Gasteiger partial charge in [0.15, 0.2) is 0 Å². The zero-order chi connectivity index (χ0) is 11.5. The second kappa shape index (κ2) is 4.24. The average molecular weight is 219 g/mol. The maximum atomic E-state index is 11.7. The van der Waals surface area contributed by atoms with Crippen molar-refractivity contribution in [2.75, 3.05) is 0 Å². The number of benzene rings is 1. The number of nitrogens with one attached hydrogen (secondary N) is 1. The van der Waals surface area contributed by atoms with Crippen LogP contribution in [0.4, 0.5) is 0 Å². The van der Waals surface area contributed by atoms with Gasteiger partial charge in [0.05, 0.1) is 6.54 Å². The second-order valence-corrected chi connectivity index (χ2v) is 3.52. The summed E-state index contributed by atoms with van der Waals surface area (Å²) in [7, 11) is 0. The first-order valence-electron chi connectivity index (χ1n) is 4.96. The molecule has 0 unspecified atom stereocenters. The third kappa shape index (κ3) is 1.85. The van der Waals surface area contributed by atoms with E-state index in [1.54, 1.807) is 24.4 Å². The second-order valence-electron chi connectivity index (χ2n) is 3.52. The summed E-state index contributed by atoms with van der Waals surface area (Å²) in [5, 5.41) is 12.4. The van der Waals surface area contributed by atoms with E-state index >= 15 is 0 Å². The number of hydrogen-bond acceptors (Lipinski definition) is 3. The number of rotatable bonds is 3. The molecule has 16 heavy (non-hydrogen) atoms. The molecule has 0 aliphatic rings. The Hall–Kier alpha value is -2.01. The third-order valence-electron chi connectivity index (χ3n) is 2.45. The quantitative estimate of drug-likeness (QED) is 0.698. The predicted molar refractivity (Wildman–Crippen MR) is 60.2 cm³/mol. The summed E-state index contributed by atoms with van der Waals surface area (Å²) < 4.78 is 1.41. The van der Waals surface area contributed by atoms with Crippen LogP contribution in [0, 0.1) is 0 Å². The van der Waals surface area contributed by atoms with Gasteiger partial charge in [-0.25, -0.2) is 4.68 Å². The number of aromatic nitrogens is 2. The lowest BCUT2D eigenvalue weighted by molar-refractivity contribution is 0.463. The average Bonchev–Trinajstić information content (AvgIpc) is 2.63. The van der Waals surface area contributed by atoms with Crippen LogP contribution < -0.4 is 11.3 Å². The molecule has 0 saturated carbocycles. The van der Waals surface area contributed by atoms with Gasteiger partial charge in [-0.1, -0.05) is 18.2 Å². The summed E-state index contributed by atoms with van der Waals surface area (Å²) in [6.45, 7) is 0.522. The molecule has 0 aliphatic carbocycles. The van der Waals surface area contributed by atoms with Gasteiger partial charge in [-0.3, -0.25) is 4.79 Å². The SMILES string of the molecule is NCc1c[nH]n(Cc2ccccc2O)c1=O. The third-order valence-corrected chi connectivity index (χ3v) is 2.45. The maximum Gasteiger partial charge on any atom is 0.271 e. The molecule has 2 aromatic rings. The number of nitrogens with zero attached hydrogens (tertiary/aromatic N) is 1. The highest BCUT2D eigenvalue weighted by atomic mass is 16.3. The van der Waals surface area contributed by atoms with E-state index in [-0.39, 0.29) is 17.9 Å². The van der Waals surface area contributed by atoms with Crippen molar-refractivity contribution in [3.8, 4) is 5.75 Å². The molecule has 0 fully saturated rings. The molecule has 5 heteroatoms. The maximum absolute atomic E-state index is 11.7. The van der Waals surface area contributed by atoms with Crippen molar-refractivity contribution in [2.45, 2.75) is 13.1 Å². The Labute approximate surface area is 92.1 Å². The van der Waals surface area contributed by atoms with Gasteiger partial charge in [-0.05, 0) is 6.07 Å². The lowest BCUT2D eigenvalue weighted by Gasteiger charge is -2.04. The molecule has 0 atom stereocenters. The molecular weight excluding hydrogens is 206 g/mol. The molecule has 1 aromatic carbocycles. The largest absolute Gasteiger partial charge is 0.508 e. The number of H-pyrrole nitrogens is 1. The lowest BCUT2D eigenvalue weighted by atomic mass is 10.2. The van der Waals surface area contributed by atoms with E-state index in [1.165, 1.54) is 4.68 Å². The van der Waals surface area contributed by atoms with Gasteiger partial charge in [-0.15, -0.1) is 0 Å². The van der Waals surface area contributed by atoms with E-state index in [9.17, 15) is 9.90 Å². The van der Waals surface area contributed by atoms with Crippen molar-refractivity contribution >= 4 is 0 Å². The van der Waals surface area contributed by atoms with Gasteiger partial charge in [0, 0.05) is 23.9 Å². The van der Waals surface area contributed by atoms with Gasteiger partial charge in [0.1, 0.15) is 5.75 Å². The van der Waals surface area contributed by atoms with Crippen LogP contribution in [-0.2, 0) is 13.1 Å². The number of phenols is 1. The Kier molecular flexibility index (Phi) is 2.78. The van der Waals surface area contributed by atoms with E-state index in [0.717, 1.165) is 0 Å². The van der Waals surface area contributed by atoms with E-state index in [1.807, 2.05) is 6.07 Å². The van der Waals surface area contributed by atoms with Gasteiger partial charge in [0.2, 0.25) is 0 Å². The van der Waals surface area contributed by atoms with Gasteiger partial charge in [0.25, 0.3) is 5.56 Å². The summed E-state index contributed by atoms with van der Waals surface area (Å²) in [4.78, 5) is 11.7. The number of aromatic amines is 1. The molecule has 2 rings (SSSR count). The zero-order valence-corrected chi connectivity index (χ0v) is 8.68. The van der Waals surface area contributed by atoms with Crippen LogP contribution in [0.3, 0.4) is 0 Å². The van der Waals surface area contributed by atoms with Crippen molar-refractivity contribution in [2.24, 2.45) is 5.73 Å². The number of hydrogen-bond donors (Lipinski definition) is 3. The Morgan fingerprint density at radius 3 is 2.69 bits per heavy atom. The van der Waals surface area contributed by atoms with Crippen LogP contribution in [0.2, 0.25) is 0 Å². The van der Waals surface area contributed by atoms with Crippen molar-refractivity contribution in [3.63, 3.8) is 0 Å². The van der Waals surface area contributed by atoms with Gasteiger partial charge < -0.3 is 15.9 Å². The molecule has 0 radical (unpaired) electrons. The summed E-state index contributed by atoms with van der Waals surface area (Å²) in [6, 6.07) is 6.91. The first-order valence-corrected chi connectivity index (χ1v) is 4.96. The van der Waals surface area contributed by atoms with E-state index in [4.69, 9.17) is 5.73 Å². The van der Waals surface area contributed by atoms with E-state index in [2.05, 4.69) is 5.10 Å². The Bertz CT molecular complexity index is 542. The van der Waals surface area contributed by atoms with Crippen molar-refractivity contribution < 1.29 is 5.11 Å². The number of para-hydroxylation sites is 1. The van der Waals surface area contributed by atoms with E-state index in [0.29, 0.717) is 17.7 Å². The van der Waals surface area contributed by atoms with Crippen LogP contribution in [0.25, 0.3) is 0 Å². The molecule has 1 heterocycles. The summed E-state index contributed by atoms with van der Waals surface area (Å²) >= 11 is 0. The smallest absolute Gasteiger partial charge is 0.271 e. The molecule has 0 spiro atoms. The minimum atomic E-state index is -0.147. The van der Waals surface area contributed by atoms with Crippen LogP contribution in [0.5, 0.6) is 5.75 Å². The molecule has 0 amide bonds. The van der Waals surface area contributed by atoms with Crippen LogP contribution in [0.1, 0.15) is 11.1 Å². The topological polar surface area (TPSA) is 84.0 Å². The minimum absolute atomic E-state index is 0.147. The fraction of sp³-hybridized carbons (Fsp3) is 0.182. The Morgan fingerprint density at radius 1 is 1.31 bits per heavy atom. The first kappa shape index (κ1) is 10.5. The lowest BCUT2D eigenvalue weighted by Crippen LogP contribution is -2.21. The highest BCUT2D eigenvalue weighted by molar-refractivity contribution is 5.31. The molecule has 0 saturated heterocycles. The summed E-state index contributed by atoms with van der Waals surface area (Å²) in [5.41, 5.74) is 6.48. The normalized spacial score (nSPS) is 10.6.